The molecule has 2 aromatic carbocycles. The summed E-state index contributed by atoms with van der Waals surface area (Å²) in [6.07, 6.45) is 0. The van der Waals surface area contributed by atoms with Crippen molar-refractivity contribution < 1.29 is 9.32 Å². The summed E-state index contributed by atoms with van der Waals surface area (Å²) in [5.74, 6) is 0.877. The number of carbonyl (C=O) groups is 1. The van der Waals surface area contributed by atoms with Gasteiger partial charge in [0.1, 0.15) is 11.8 Å². The number of halogens is 1. The van der Waals surface area contributed by atoms with Gasteiger partial charge in [-0.15, -0.1) is 0 Å². The fraction of sp³-hybridized carbons (Fsp3) is 0.200. The summed E-state index contributed by atoms with van der Waals surface area (Å²) in [7, 11) is 1.91. The van der Waals surface area contributed by atoms with Crippen LogP contribution in [-0.2, 0) is 11.3 Å². The van der Waals surface area contributed by atoms with Crippen LogP contribution in [0.15, 0.2) is 65.2 Å². The van der Waals surface area contributed by atoms with Crippen LogP contribution in [0, 0.1) is 6.92 Å². The lowest BCUT2D eigenvalue weighted by molar-refractivity contribution is -0.121. The van der Waals surface area contributed by atoms with Gasteiger partial charge in [0, 0.05) is 17.6 Å². The van der Waals surface area contributed by atoms with E-state index in [2.05, 4.69) is 10.5 Å². The van der Waals surface area contributed by atoms with Crippen molar-refractivity contribution >= 4 is 23.3 Å². The normalized spacial score (nSPS) is 12.2. The Bertz CT molecular complexity index is 880. The molecule has 0 spiro atoms. The number of benzene rings is 2. The average molecular weight is 370 g/mol. The lowest BCUT2D eigenvalue weighted by atomic mass is 10.0. The Hall–Kier alpha value is -2.63. The van der Waals surface area contributed by atoms with Gasteiger partial charge < -0.3 is 9.84 Å². The molecule has 0 fully saturated rings. The average Bonchev–Trinajstić information content (AvgIpc) is 3.01. The summed E-state index contributed by atoms with van der Waals surface area (Å²) in [4.78, 5) is 14.9. The number of rotatable bonds is 6. The van der Waals surface area contributed by atoms with Gasteiger partial charge in [-0.2, -0.15) is 0 Å². The quantitative estimate of drug-likeness (QED) is 0.697. The molecule has 1 aromatic heterocycles. The topological polar surface area (TPSA) is 58.4 Å². The van der Waals surface area contributed by atoms with Crippen molar-refractivity contribution in [3.63, 3.8) is 0 Å². The molecule has 1 heterocycles. The van der Waals surface area contributed by atoms with E-state index in [4.69, 9.17) is 16.1 Å². The minimum atomic E-state index is -0.479. The zero-order chi connectivity index (χ0) is 18.5. The number of hydrogen-bond donors (Lipinski definition) is 1. The van der Waals surface area contributed by atoms with Crippen LogP contribution in [0.5, 0.6) is 0 Å². The highest BCUT2D eigenvalue weighted by Crippen LogP contribution is 2.24. The molecular weight excluding hydrogens is 350 g/mol. The zero-order valence-corrected chi connectivity index (χ0v) is 15.4. The Morgan fingerprint density at radius 2 is 1.96 bits per heavy atom. The first-order chi connectivity index (χ1) is 12.5. The maximum Gasteiger partial charge on any atom is 0.247 e. The lowest BCUT2D eigenvalue weighted by Gasteiger charge is -2.27. The minimum absolute atomic E-state index is 0.172. The monoisotopic (exact) mass is 369 g/mol. The number of anilines is 1. The van der Waals surface area contributed by atoms with Crippen molar-refractivity contribution in [2.45, 2.75) is 19.5 Å². The molecule has 0 radical (unpaired) electrons. The van der Waals surface area contributed by atoms with Crippen LogP contribution in [0.1, 0.15) is 22.9 Å². The molecule has 0 aliphatic heterocycles. The van der Waals surface area contributed by atoms with Crippen molar-refractivity contribution in [1.82, 2.24) is 10.1 Å². The first kappa shape index (κ1) is 18.2. The molecule has 0 saturated heterocycles. The van der Waals surface area contributed by atoms with E-state index < -0.39 is 6.04 Å². The van der Waals surface area contributed by atoms with Crippen molar-refractivity contribution in [1.29, 1.82) is 0 Å². The van der Waals surface area contributed by atoms with Gasteiger partial charge in [0.2, 0.25) is 5.91 Å². The SMILES string of the molecule is Cc1cc(NC(=O)C(c2ccccc2)N(C)Cc2cccc(Cl)c2)no1. The number of likely N-dealkylation sites (N-methyl/N-ethyl adjacent to an activating group) is 1. The fourth-order valence-electron chi connectivity index (χ4n) is 2.88. The van der Waals surface area contributed by atoms with Gasteiger partial charge in [-0.05, 0) is 37.2 Å². The molecule has 0 bridgehead atoms. The highest BCUT2D eigenvalue weighted by atomic mass is 35.5. The highest BCUT2D eigenvalue weighted by Gasteiger charge is 2.26. The predicted molar refractivity (Wildman–Crippen MR) is 102 cm³/mol. The number of hydrogen-bond acceptors (Lipinski definition) is 4. The Morgan fingerprint density at radius 1 is 1.19 bits per heavy atom. The first-order valence-corrected chi connectivity index (χ1v) is 8.64. The Labute approximate surface area is 157 Å². The van der Waals surface area contributed by atoms with Crippen molar-refractivity contribution in [3.05, 3.63) is 82.6 Å². The molecule has 0 aliphatic carbocycles. The van der Waals surface area contributed by atoms with Gasteiger partial charge >= 0.3 is 0 Å². The third-order valence-electron chi connectivity index (χ3n) is 4.00. The van der Waals surface area contributed by atoms with Crippen LogP contribution >= 0.6 is 11.6 Å². The number of nitrogens with one attached hydrogen (secondary N) is 1. The summed E-state index contributed by atoms with van der Waals surface area (Å²) < 4.78 is 5.03. The molecule has 1 N–H and O–H groups in total. The summed E-state index contributed by atoms with van der Waals surface area (Å²) in [6.45, 7) is 2.36. The summed E-state index contributed by atoms with van der Waals surface area (Å²) >= 11 is 6.08. The number of carbonyl (C=O) groups excluding carboxylic acids is 1. The van der Waals surface area contributed by atoms with Gasteiger partial charge in [0.25, 0.3) is 0 Å². The van der Waals surface area contributed by atoms with E-state index >= 15 is 0 Å². The molecule has 5 nitrogen and oxygen atoms in total. The van der Waals surface area contributed by atoms with E-state index in [1.165, 1.54) is 0 Å². The fourth-order valence-corrected chi connectivity index (χ4v) is 3.09. The third-order valence-corrected chi connectivity index (χ3v) is 4.24. The molecule has 3 aromatic rings. The van der Waals surface area contributed by atoms with Gasteiger partial charge in [-0.25, -0.2) is 0 Å². The van der Waals surface area contributed by atoms with Gasteiger partial charge in [0.05, 0.1) is 0 Å². The highest BCUT2D eigenvalue weighted by molar-refractivity contribution is 6.30. The van der Waals surface area contributed by atoms with Gasteiger partial charge in [-0.3, -0.25) is 9.69 Å². The van der Waals surface area contributed by atoms with Crippen LogP contribution in [0.2, 0.25) is 5.02 Å². The van der Waals surface area contributed by atoms with E-state index in [1.54, 1.807) is 13.0 Å². The molecule has 26 heavy (non-hydrogen) atoms. The van der Waals surface area contributed by atoms with Gasteiger partial charge in [-0.1, -0.05) is 59.2 Å². The summed E-state index contributed by atoms with van der Waals surface area (Å²) in [5.41, 5.74) is 1.93. The molecule has 6 heteroatoms. The molecule has 134 valence electrons. The van der Waals surface area contributed by atoms with Crippen molar-refractivity contribution in [2.75, 3.05) is 12.4 Å². The maximum absolute atomic E-state index is 13.0. The summed E-state index contributed by atoms with van der Waals surface area (Å²) in [6, 6.07) is 18.5. The molecular formula is C20H20ClN3O2. The zero-order valence-electron chi connectivity index (χ0n) is 14.6. The van der Waals surface area contributed by atoms with Crippen LogP contribution in [-0.4, -0.2) is 23.0 Å². The van der Waals surface area contributed by atoms with E-state index in [0.29, 0.717) is 23.1 Å². The van der Waals surface area contributed by atoms with Gasteiger partial charge in [0.15, 0.2) is 5.82 Å². The van der Waals surface area contributed by atoms with Crippen LogP contribution < -0.4 is 5.32 Å². The molecule has 3 rings (SSSR count). The standard InChI is InChI=1S/C20H20ClN3O2/c1-14-11-18(23-26-14)22-20(25)19(16-8-4-3-5-9-16)24(2)13-15-7-6-10-17(21)12-15/h3-12,19H,13H2,1-2H3,(H,22,23,25). The molecule has 1 atom stereocenters. The Morgan fingerprint density at radius 3 is 2.62 bits per heavy atom. The number of aryl methyl sites for hydroxylation is 1. The Balaban J connectivity index is 1.84. The molecule has 1 unspecified atom stereocenters. The molecule has 0 saturated carbocycles. The van der Waals surface area contributed by atoms with E-state index in [0.717, 1.165) is 11.1 Å². The second-order valence-electron chi connectivity index (χ2n) is 6.17. The van der Waals surface area contributed by atoms with Crippen LogP contribution in [0.3, 0.4) is 0 Å². The summed E-state index contributed by atoms with van der Waals surface area (Å²) in [5, 5.41) is 7.35. The van der Waals surface area contributed by atoms with E-state index in [9.17, 15) is 4.79 Å². The maximum atomic E-state index is 13.0. The van der Waals surface area contributed by atoms with E-state index in [-0.39, 0.29) is 5.91 Å². The first-order valence-electron chi connectivity index (χ1n) is 8.27. The van der Waals surface area contributed by atoms with Crippen molar-refractivity contribution in [2.24, 2.45) is 0 Å². The molecule has 0 aliphatic rings. The third kappa shape index (κ3) is 4.50. The van der Waals surface area contributed by atoms with Crippen LogP contribution in [0.4, 0.5) is 5.82 Å². The second-order valence-corrected chi connectivity index (χ2v) is 6.61. The largest absolute Gasteiger partial charge is 0.360 e. The Kier molecular flexibility index (Phi) is 5.71. The van der Waals surface area contributed by atoms with Crippen LogP contribution in [0.25, 0.3) is 0 Å². The number of aromatic nitrogens is 1. The second kappa shape index (κ2) is 8.17. The minimum Gasteiger partial charge on any atom is -0.360 e. The lowest BCUT2D eigenvalue weighted by Crippen LogP contribution is -2.34. The molecule has 1 amide bonds. The number of amides is 1. The smallest absolute Gasteiger partial charge is 0.247 e. The number of nitrogens with zero attached hydrogens (tertiary/aromatic N) is 2. The predicted octanol–water partition coefficient (Wildman–Crippen LogP) is 4.45. The van der Waals surface area contributed by atoms with Crippen molar-refractivity contribution in [3.8, 4) is 0 Å². The van der Waals surface area contributed by atoms with E-state index in [1.807, 2.05) is 66.5 Å².